The molecule has 2 heterocycles. The molecular formula is C16H23FN4O3Si. The Kier molecular flexibility index (Phi) is 5.68. The summed E-state index contributed by atoms with van der Waals surface area (Å²) in [6.07, 6.45) is 1.05. The van der Waals surface area contributed by atoms with Crippen molar-refractivity contribution >= 4 is 13.8 Å². The van der Waals surface area contributed by atoms with E-state index < -0.39 is 18.8 Å². The van der Waals surface area contributed by atoms with Crippen LogP contribution in [0.1, 0.15) is 11.4 Å². The topological polar surface area (TPSA) is 83.1 Å². The third-order valence-electron chi connectivity index (χ3n) is 3.87. The molecule has 2 aromatic heterocycles. The maximum absolute atomic E-state index is 14.3. The predicted octanol–water partition coefficient (Wildman–Crippen LogP) is 3.92. The van der Waals surface area contributed by atoms with Gasteiger partial charge in [-0.15, -0.1) is 0 Å². The van der Waals surface area contributed by atoms with E-state index in [0.29, 0.717) is 23.6 Å². The number of ether oxygens (including phenoxy) is 1. The quantitative estimate of drug-likeness (QED) is 0.321. The Morgan fingerprint density at radius 2 is 2.04 bits per heavy atom. The van der Waals surface area contributed by atoms with Gasteiger partial charge in [-0.05, 0) is 19.9 Å². The molecule has 0 aliphatic heterocycles. The highest BCUT2D eigenvalue weighted by Crippen LogP contribution is 2.29. The molecule has 7 nitrogen and oxygen atoms in total. The van der Waals surface area contributed by atoms with E-state index in [1.165, 1.54) is 0 Å². The molecule has 0 aliphatic carbocycles. The number of rotatable bonds is 7. The first kappa shape index (κ1) is 19.2. The molecule has 25 heavy (non-hydrogen) atoms. The number of nitrogens with zero attached hydrogens (tertiary/aromatic N) is 4. The van der Waals surface area contributed by atoms with Crippen molar-refractivity contribution in [2.24, 2.45) is 0 Å². The van der Waals surface area contributed by atoms with Gasteiger partial charge in [-0.2, -0.15) is 5.10 Å². The molecule has 136 valence electrons. The lowest BCUT2D eigenvalue weighted by atomic mass is 10.1. The number of halogens is 1. The summed E-state index contributed by atoms with van der Waals surface area (Å²) in [6.45, 7) is 11.3. The number of aromatic nitrogens is 3. The van der Waals surface area contributed by atoms with Crippen LogP contribution in [0.25, 0.3) is 11.3 Å². The Hall–Kier alpha value is -2.13. The Morgan fingerprint density at radius 1 is 1.36 bits per heavy atom. The van der Waals surface area contributed by atoms with Gasteiger partial charge in [0, 0.05) is 25.9 Å². The van der Waals surface area contributed by atoms with Gasteiger partial charge < -0.3 is 4.74 Å². The summed E-state index contributed by atoms with van der Waals surface area (Å²) in [6, 6.07) is 1.93. The number of hydrogen-bond donors (Lipinski definition) is 0. The number of aryl methyl sites for hydroxylation is 1. The summed E-state index contributed by atoms with van der Waals surface area (Å²) in [7, 11) is -1.16. The lowest BCUT2D eigenvalue weighted by Crippen LogP contribution is -2.22. The van der Waals surface area contributed by atoms with Crippen LogP contribution in [0.4, 0.5) is 10.1 Å². The van der Waals surface area contributed by atoms with Crippen molar-refractivity contribution in [2.75, 3.05) is 6.61 Å². The highest BCUT2D eigenvalue weighted by molar-refractivity contribution is 6.76. The molecule has 0 radical (unpaired) electrons. The fraction of sp³-hybridized carbons (Fsp3) is 0.500. The molecule has 0 atom stereocenters. The zero-order valence-electron chi connectivity index (χ0n) is 15.2. The molecule has 0 saturated heterocycles. The average molecular weight is 366 g/mol. The Labute approximate surface area is 147 Å². The molecule has 2 rings (SSSR count). The maximum Gasteiger partial charge on any atom is 0.290 e. The molecule has 0 aromatic carbocycles. The fourth-order valence-electron chi connectivity index (χ4n) is 2.41. The Morgan fingerprint density at radius 3 is 2.60 bits per heavy atom. The van der Waals surface area contributed by atoms with E-state index in [9.17, 15) is 14.5 Å². The van der Waals surface area contributed by atoms with Gasteiger partial charge in [0.15, 0.2) is 5.82 Å². The third-order valence-corrected chi connectivity index (χ3v) is 5.57. The van der Waals surface area contributed by atoms with E-state index in [1.54, 1.807) is 18.5 Å². The zero-order chi connectivity index (χ0) is 18.8. The van der Waals surface area contributed by atoms with Crippen molar-refractivity contribution < 1.29 is 14.1 Å². The summed E-state index contributed by atoms with van der Waals surface area (Å²) in [5, 5.41) is 15.1. The standard InChI is InChI=1S/C16H23FN4O3Si/c1-11-15(16-14(17)8-13(9-18-16)21(22)23)12(2)20(19-11)10-24-6-7-25(3,4)5/h8-9H,6-7,10H2,1-5H3. The molecule has 0 N–H and O–H groups in total. The molecule has 0 saturated carbocycles. The van der Waals surface area contributed by atoms with Crippen molar-refractivity contribution in [1.29, 1.82) is 0 Å². The first-order valence-corrected chi connectivity index (χ1v) is 11.7. The smallest absolute Gasteiger partial charge is 0.290 e. The van der Waals surface area contributed by atoms with E-state index in [4.69, 9.17) is 4.74 Å². The van der Waals surface area contributed by atoms with Gasteiger partial charge in [-0.25, -0.2) is 14.1 Å². The molecule has 0 bridgehead atoms. The van der Waals surface area contributed by atoms with Crippen LogP contribution in [0.2, 0.25) is 25.7 Å². The second-order valence-corrected chi connectivity index (χ2v) is 12.8. The minimum atomic E-state index is -1.16. The van der Waals surface area contributed by atoms with E-state index in [1.807, 2.05) is 0 Å². The number of nitro groups is 1. The highest BCUT2D eigenvalue weighted by atomic mass is 28.3. The number of hydrogen-bond acceptors (Lipinski definition) is 5. The van der Waals surface area contributed by atoms with Crippen molar-refractivity contribution in [1.82, 2.24) is 14.8 Å². The fourth-order valence-corrected chi connectivity index (χ4v) is 3.16. The minimum absolute atomic E-state index is 0.0638. The summed E-state index contributed by atoms with van der Waals surface area (Å²) in [4.78, 5) is 14.0. The molecule has 9 heteroatoms. The first-order chi connectivity index (χ1) is 11.6. The molecule has 0 spiro atoms. The van der Waals surface area contributed by atoms with Gasteiger partial charge >= 0.3 is 0 Å². The van der Waals surface area contributed by atoms with Crippen LogP contribution in [0.5, 0.6) is 0 Å². The maximum atomic E-state index is 14.3. The molecular weight excluding hydrogens is 343 g/mol. The summed E-state index contributed by atoms with van der Waals surface area (Å²) in [5.41, 5.74) is 1.55. The molecule has 0 aliphatic rings. The summed E-state index contributed by atoms with van der Waals surface area (Å²) < 4.78 is 21.6. The summed E-state index contributed by atoms with van der Waals surface area (Å²) >= 11 is 0. The van der Waals surface area contributed by atoms with Crippen LogP contribution in [0.15, 0.2) is 12.3 Å². The van der Waals surface area contributed by atoms with E-state index >= 15 is 0 Å². The van der Waals surface area contributed by atoms with Crippen LogP contribution in [-0.4, -0.2) is 34.4 Å². The van der Waals surface area contributed by atoms with Crippen LogP contribution in [0.3, 0.4) is 0 Å². The molecule has 0 fully saturated rings. The molecule has 2 aromatic rings. The zero-order valence-corrected chi connectivity index (χ0v) is 16.2. The molecule has 0 unspecified atom stereocenters. The van der Waals surface area contributed by atoms with Gasteiger partial charge in [-0.1, -0.05) is 19.6 Å². The SMILES string of the molecule is Cc1nn(COCC[Si](C)(C)C)c(C)c1-c1ncc([N+](=O)[O-])cc1F. The second kappa shape index (κ2) is 7.40. The first-order valence-electron chi connectivity index (χ1n) is 8.02. The number of pyridine rings is 1. The van der Waals surface area contributed by atoms with Crippen LogP contribution in [0, 0.1) is 29.8 Å². The van der Waals surface area contributed by atoms with E-state index in [-0.39, 0.29) is 18.1 Å². The minimum Gasteiger partial charge on any atom is -0.360 e. The van der Waals surface area contributed by atoms with Gasteiger partial charge in [0.25, 0.3) is 5.69 Å². The highest BCUT2D eigenvalue weighted by Gasteiger charge is 2.21. The van der Waals surface area contributed by atoms with Crippen molar-refractivity contribution in [3.05, 3.63) is 39.6 Å². The van der Waals surface area contributed by atoms with Crippen LogP contribution < -0.4 is 0 Å². The van der Waals surface area contributed by atoms with E-state index in [0.717, 1.165) is 18.3 Å². The lowest BCUT2D eigenvalue weighted by molar-refractivity contribution is -0.385. The average Bonchev–Trinajstić information content (AvgIpc) is 2.77. The third kappa shape index (κ3) is 4.70. The van der Waals surface area contributed by atoms with E-state index in [2.05, 4.69) is 29.7 Å². The van der Waals surface area contributed by atoms with Gasteiger partial charge in [-0.3, -0.25) is 10.1 Å². The second-order valence-electron chi connectivity index (χ2n) is 7.17. The van der Waals surface area contributed by atoms with Gasteiger partial charge in [0.2, 0.25) is 0 Å². The van der Waals surface area contributed by atoms with Gasteiger partial charge in [0.1, 0.15) is 18.6 Å². The lowest BCUT2D eigenvalue weighted by Gasteiger charge is -2.15. The van der Waals surface area contributed by atoms with Crippen molar-refractivity contribution in [2.45, 2.75) is 46.3 Å². The Balaban J connectivity index is 2.21. The van der Waals surface area contributed by atoms with Crippen molar-refractivity contribution in [3.8, 4) is 11.3 Å². The predicted molar refractivity (Wildman–Crippen MR) is 95.6 cm³/mol. The normalized spacial score (nSPS) is 11.8. The molecule has 0 amide bonds. The largest absolute Gasteiger partial charge is 0.360 e. The monoisotopic (exact) mass is 366 g/mol. The Bertz CT molecular complexity index is 786. The summed E-state index contributed by atoms with van der Waals surface area (Å²) in [5.74, 6) is -0.736. The van der Waals surface area contributed by atoms with Crippen LogP contribution >= 0.6 is 0 Å². The van der Waals surface area contributed by atoms with Crippen molar-refractivity contribution in [3.63, 3.8) is 0 Å². The van der Waals surface area contributed by atoms with Crippen LogP contribution in [-0.2, 0) is 11.5 Å². The van der Waals surface area contributed by atoms with Gasteiger partial charge in [0.05, 0.1) is 16.7 Å².